The van der Waals surface area contributed by atoms with E-state index in [1.807, 2.05) is 28.8 Å². The SMILES string of the molecule is COc1ccc(CSc2nnc(-c3ccco3)n2-c2ccc(C)cc2)cc1. The summed E-state index contributed by atoms with van der Waals surface area (Å²) in [6.45, 7) is 2.07. The molecule has 0 N–H and O–H groups in total. The smallest absolute Gasteiger partial charge is 0.205 e. The maximum Gasteiger partial charge on any atom is 0.205 e. The van der Waals surface area contributed by atoms with Gasteiger partial charge in [0.25, 0.3) is 0 Å². The van der Waals surface area contributed by atoms with Crippen molar-refractivity contribution in [3.05, 3.63) is 78.1 Å². The van der Waals surface area contributed by atoms with E-state index in [2.05, 4.69) is 53.5 Å². The topological polar surface area (TPSA) is 53.1 Å². The van der Waals surface area contributed by atoms with Crippen molar-refractivity contribution in [3.8, 4) is 23.0 Å². The third-order valence-corrected chi connectivity index (χ3v) is 5.19. The summed E-state index contributed by atoms with van der Waals surface area (Å²) in [5, 5.41) is 9.61. The number of furan rings is 1. The molecule has 2 heterocycles. The Morgan fingerprint density at radius 2 is 1.78 bits per heavy atom. The van der Waals surface area contributed by atoms with Crippen molar-refractivity contribution in [2.45, 2.75) is 17.8 Å². The Morgan fingerprint density at radius 3 is 2.44 bits per heavy atom. The Labute approximate surface area is 162 Å². The van der Waals surface area contributed by atoms with Crippen LogP contribution in [0, 0.1) is 6.92 Å². The van der Waals surface area contributed by atoms with Crippen molar-refractivity contribution >= 4 is 11.8 Å². The lowest BCUT2D eigenvalue weighted by atomic mass is 10.2. The zero-order valence-electron chi connectivity index (χ0n) is 15.1. The van der Waals surface area contributed by atoms with Gasteiger partial charge in [0, 0.05) is 11.4 Å². The minimum Gasteiger partial charge on any atom is -0.497 e. The first-order valence-electron chi connectivity index (χ1n) is 8.56. The molecule has 0 radical (unpaired) electrons. The van der Waals surface area contributed by atoms with Crippen LogP contribution in [-0.4, -0.2) is 21.9 Å². The maximum absolute atomic E-state index is 5.56. The highest BCUT2D eigenvalue weighted by Crippen LogP contribution is 2.30. The molecule has 0 unspecified atom stereocenters. The Kier molecular flexibility index (Phi) is 4.98. The van der Waals surface area contributed by atoms with Gasteiger partial charge in [0.2, 0.25) is 5.82 Å². The number of hydrogen-bond donors (Lipinski definition) is 0. The molecule has 0 bridgehead atoms. The second-order valence-corrected chi connectivity index (χ2v) is 7.03. The van der Waals surface area contributed by atoms with Gasteiger partial charge in [-0.05, 0) is 48.9 Å². The summed E-state index contributed by atoms with van der Waals surface area (Å²) in [7, 11) is 1.67. The fraction of sp³-hybridized carbons (Fsp3) is 0.143. The van der Waals surface area contributed by atoms with Gasteiger partial charge >= 0.3 is 0 Å². The van der Waals surface area contributed by atoms with Crippen LogP contribution in [0.2, 0.25) is 0 Å². The quantitative estimate of drug-likeness (QED) is 0.436. The van der Waals surface area contributed by atoms with E-state index in [-0.39, 0.29) is 0 Å². The van der Waals surface area contributed by atoms with Gasteiger partial charge in [0.15, 0.2) is 10.9 Å². The van der Waals surface area contributed by atoms with E-state index in [1.54, 1.807) is 25.1 Å². The maximum atomic E-state index is 5.56. The second kappa shape index (κ2) is 7.72. The van der Waals surface area contributed by atoms with Crippen LogP contribution in [0.5, 0.6) is 5.75 Å². The number of aryl methyl sites for hydroxylation is 1. The highest BCUT2D eigenvalue weighted by atomic mass is 32.2. The minimum atomic E-state index is 0.694. The summed E-state index contributed by atoms with van der Waals surface area (Å²) in [5.74, 6) is 3.03. The summed E-state index contributed by atoms with van der Waals surface area (Å²) in [6, 6.07) is 20.1. The van der Waals surface area contributed by atoms with Gasteiger partial charge in [0.1, 0.15) is 5.75 Å². The second-order valence-electron chi connectivity index (χ2n) is 6.09. The Balaban J connectivity index is 1.66. The van der Waals surface area contributed by atoms with Crippen LogP contribution < -0.4 is 4.74 Å². The van der Waals surface area contributed by atoms with Gasteiger partial charge in [0.05, 0.1) is 13.4 Å². The molecule has 2 aromatic carbocycles. The summed E-state index contributed by atoms with van der Waals surface area (Å²) >= 11 is 1.64. The van der Waals surface area contributed by atoms with Crippen LogP contribution in [0.15, 0.2) is 76.5 Å². The lowest BCUT2D eigenvalue weighted by Gasteiger charge is -2.10. The summed E-state index contributed by atoms with van der Waals surface area (Å²) < 4.78 is 12.8. The Hall–Kier alpha value is -2.99. The van der Waals surface area contributed by atoms with E-state index in [4.69, 9.17) is 9.15 Å². The number of methoxy groups -OCH3 is 1. The van der Waals surface area contributed by atoms with Crippen LogP contribution >= 0.6 is 11.8 Å². The molecule has 0 aliphatic heterocycles. The van der Waals surface area contributed by atoms with E-state index in [0.717, 1.165) is 22.3 Å². The zero-order valence-corrected chi connectivity index (χ0v) is 15.9. The Morgan fingerprint density at radius 1 is 1.00 bits per heavy atom. The summed E-state index contributed by atoms with van der Waals surface area (Å²) in [4.78, 5) is 0. The average Bonchev–Trinajstić information content (AvgIpc) is 3.37. The van der Waals surface area contributed by atoms with Crippen LogP contribution in [0.25, 0.3) is 17.3 Å². The molecule has 5 nitrogen and oxygen atoms in total. The number of nitrogens with zero attached hydrogens (tertiary/aromatic N) is 3. The molecule has 0 atom stereocenters. The van der Waals surface area contributed by atoms with Crippen LogP contribution in [0.3, 0.4) is 0 Å². The molecule has 6 heteroatoms. The van der Waals surface area contributed by atoms with Crippen LogP contribution in [0.1, 0.15) is 11.1 Å². The van der Waals surface area contributed by atoms with Gasteiger partial charge in [-0.2, -0.15) is 0 Å². The van der Waals surface area contributed by atoms with Gasteiger partial charge in [-0.3, -0.25) is 4.57 Å². The fourth-order valence-electron chi connectivity index (χ4n) is 2.73. The van der Waals surface area contributed by atoms with Crippen molar-refractivity contribution in [1.82, 2.24) is 14.8 Å². The van der Waals surface area contributed by atoms with Crippen LogP contribution in [-0.2, 0) is 5.75 Å². The molecule has 136 valence electrons. The molecule has 0 aliphatic carbocycles. The van der Waals surface area contributed by atoms with E-state index in [1.165, 1.54) is 11.1 Å². The number of aromatic nitrogens is 3. The third kappa shape index (κ3) is 3.75. The lowest BCUT2D eigenvalue weighted by molar-refractivity contribution is 0.414. The van der Waals surface area contributed by atoms with Gasteiger partial charge in [-0.25, -0.2) is 0 Å². The molecule has 0 aliphatic rings. The van der Waals surface area contributed by atoms with Gasteiger partial charge < -0.3 is 9.15 Å². The van der Waals surface area contributed by atoms with Crippen molar-refractivity contribution in [3.63, 3.8) is 0 Å². The minimum absolute atomic E-state index is 0.694. The zero-order chi connectivity index (χ0) is 18.6. The predicted octanol–water partition coefficient (Wildman–Crippen LogP) is 5.14. The number of benzene rings is 2. The monoisotopic (exact) mass is 377 g/mol. The predicted molar refractivity (Wildman–Crippen MR) is 106 cm³/mol. The molecule has 0 saturated heterocycles. The lowest BCUT2D eigenvalue weighted by Crippen LogP contribution is -1.99. The molecule has 4 rings (SSSR count). The number of thioether (sulfide) groups is 1. The average molecular weight is 377 g/mol. The molecule has 2 aromatic heterocycles. The van der Waals surface area contributed by atoms with E-state index in [0.29, 0.717) is 11.6 Å². The highest BCUT2D eigenvalue weighted by Gasteiger charge is 2.18. The van der Waals surface area contributed by atoms with Crippen molar-refractivity contribution in [2.75, 3.05) is 7.11 Å². The number of rotatable bonds is 6. The van der Waals surface area contributed by atoms with Crippen molar-refractivity contribution in [1.29, 1.82) is 0 Å². The highest BCUT2D eigenvalue weighted by molar-refractivity contribution is 7.98. The molecule has 0 amide bonds. The first-order chi connectivity index (χ1) is 13.2. The van der Waals surface area contributed by atoms with Crippen molar-refractivity contribution in [2.24, 2.45) is 0 Å². The molecule has 0 spiro atoms. The fourth-order valence-corrected chi connectivity index (χ4v) is 3.63. The summed E-state index contributed by atoms with van der Waals surface area (Å²) in [6.07, 6.45) is 1.65. The molecular weight excluding hydrogens is 358 g/mol. The molecule has 0 fully saturated rings. The van der Waals surface area contributed by atoms with E-state index >= 15 is 0 Å². The molecule has 0 saturated carbocycles. The molecule has 4 aromatic rings. The van der Waals surface area contributed by atoms with Crippen LogP contribution in [0.4, 0.5) is 0 Å². The van der Waals surface area contributed by atoms with E-state index < -0.39 is 0 Å². The molecular formula is C21H19N3O2S. The summed E-state index contributed by atoms with van der Waals surface area (Å²) in [5.41, 5.74) is 3.41. The first kappa shape index (κ1) is 17.4. The van der Waals surface area contributed by atoms with Gasteiger partial charge in [-0.15, -0.1) is 10.2 Å². The Bertz CT molecular complexity index is 1010. The standard InChI is InChI=1S/C21H19N3O2S/c1-15-5-9-17(10-6-15)24-20(19-4-3-13-26-19)22-23-21(24)27-14-16-7-11-18(25-2)12-8-16/h3-13H,14H2,1-2H3. The third-order valence-electron chi connectivity index (χ3n) is 4.19. The largest absolute Gasteiger partial charge is 0.497 e. The van der Waals surface area contributed by atoms with Crippen molar-refractivity contribution < 1.29 is 9.15 Å². The number of hydrogen-bond acceptors (Lipinski definition) is 5. The normalized spacial score (nSPS) is 10.9. The van der Waals surface area contributed by atoms with E-state index in [9.17, 15) is 0 Å². The first-order valence-corrected chi connectivity index (χ1v) is 9.55. The molecule has 27 heavy (non-hydrogen) atoms. The number of ether oxygens (including phenoxy) is 1. The van der Waals surface area contributed by atoms with Gasteiger partial charge in [-0.1, -0.05) is 41.6 Å².